The first-order chi connectivity index (χ1) is 8.04. The third-order valence-corrected chi connectivity index (χ3v) is 2.73. The highest BCUT2D eigenvalue weighted by Gasteiger charge is 2.13. The Morgan fingerprint density at radius 1 is 1.59 bits per heavy atom. The predicted octanol–water partition coefficient (Wildman–Crippen LogP) is 2.04. The molecule has 0 saturated heterocycles. The van der Waals surface area contributed by atoms with Gasteiger partial charge in [0, 0.05) is 38.4 Å². The van der Waals surface area contributed by atoms with Gasteiger partial charge in [-0.2, -0.15) is 0 Å². The van der Waals surface area contributed by atoms with Crippen molar-refractivity contribution in [2.45, 2.75) is 33.7 Å². The SMILES string of the molecule is CCn1ccnc1N(CCC(N)=S)CC(C)C. The van der Waals surface area contributed by atoms with E-state index in [2.05, 4.69) is 35.2 Å². The molecule has 2 N–H and O–H groups in total. The third kappa shape index (κ3) is 4.34. The number of imidazole rings is 1. The normalized spacial score (nSPS) is 10.8. The van der Waals surface area contributed by atoms with Crippen LogP contribution >= 0.6 is 12.2 Å². The van der Waals surface area contributed by atoms with Crippen LogP contribution in [0.25, 0.3) is 0 Å². The number of hydrogen-bond acceptors (Lipinski definition) is 3. The maximum absolute atomic E-state index is 5.57. The molecule has 0 aliphatic heterocycles. The van der Waals surface area contributed by atoms with Crippen LogP contribution in [0.3, 0.4) is 0 Å². The van der Waals surface area contributed by atoms with Gasteiger partial charge in [-0.3, -0.25) is 0 Å². The Morgan fingerprint density at radius 2 is 2.29 bits per heavy atom. The summed E-state index contributed by atoms with van der Waals surface area (Å²) in [5.74, 6) is 1.60. The summed E-state index contributed by atoms with van der Waals surface area (Å²) in [6.45, 7) is 9.26. The molecule has 0 saturated carbocycles. The molecule has 0 bridgehead atoms. The van der Waals surface area contributed by atoms with E-state index in [9.17, 15) is 0 Å². The molecule has 5 heteroatoms. The van der Waals surface area contributed by atoms with E-state index in [1.165, 1.54) is 0 Å². The van der Waals surface area contributed by atoms with Gasteiger partial charge in [0.05, 0.1) is 4.99 Å². The van der Waals surface area contributed by atoms with Gasteiger partial charge < -0.3 is 15.2 Å². The topological polar surface area (TPSA) is 47.1 Å². The van der Waals surface area contributed by atoms with Crippen LogP contribution in [0.5, 0.6) is 0 Å². The van der Waals surface area contributed by atoms with Crippen molar-refractivity contribution in [1.29, 1.82) is 0 Å². The van der Waals surface area contributed by atoms with Gasteiger partial charge >= 0.3 is 0 Å². The minimum absolute atomic E-state index is 0.563. The van der Waals surface area contributed by atoms with Crippen molar-refractivity contribution in [3.63, 3.8) is 0 Å². The molecule has 0 fully saturated rings. The number of hydrogen-bond donors (Lipinski definition) is 1. The lowest BCUT2D eigenvalue weighted by Crippen LogP contribution is -2.33. The van der Waals surface area contributed by atoms with Crippen LogP contribution in [0.2, 0.25) is 0 Å². The maximum Gasteiger partial charge on any atom is 0.205 e. The molecule has 1 aromatic rings. The van der Waals surface area contributed by atoms with Crippen molar-refractivity contribution in [2.75, 3.05) is 18.0 Å². The molecular weight excluding hydrogens is 232 g/mol. The molecule has 1 aromatic heterocycles. The van der Waals surface area contributed by atoms with Gasteiger partial charge in [0.2, 0.25) is 5.95 Å². The molecule has 0 spiro atoms. The summed E-state index contributed by atoms with van der Waals surface area (Å²) in [6, 6.07) is 0. The van der Waals surface area contributed by atoms with E-state index in [4.69, 9.17) is 18.0 Å². The highest BCUT2D eigenvalue weighted by atomic mass is 32.1. The van der Waals surface area contributed by atoms with E-state index < -0.39 is 0 Å². The lowest BCUT2D eigenvalue weighted by atomic mass is 10.2. The van der Waals surface area contributed by atoms with Crippen LogP contribution in [0.1, 0.15) is 27.2 Å². The lowest BCUT2D eigenvalue weighted by Gasteiger charge is -2.26. The molecule has 0 unspecified atom stereocenters. The zero-order valence-corrected chi connectivity index (χ0v) is 11.7. The zero-order chi connectivity index (χ0) is 12.8. The molecular formula is C12H22N4S. The molecule has 4 nitrogen and oxygen atoms in total. The van der Waals surface area contributed by atoms with Crippen molar-refractivity contribution >= 4 is 23.2 Å². The van der Waals surface area contributed by atoms with Gasteiger partial charge in [0.1, 0.15) is 0 Å². The number of aryl methyl sites for hydroxylation is 1. The fraction of sp³-hybridized carbons (Fsp3) is 0.667. The number of aromatic nitrogens is 2. The van der Waals surface area contributed by atoms with Gasteiger partial charge in [-0.1, -0.05) is 26.1 Å². The quantitative estimate of drug-likeness (QED) is 0.756. The molecule has 0 aliphatic rings. The molecule has 0 amide bonds. The molecule has 96 valence electrons. The highest BCUT2D eigenvalue weighted by Crippen LogP contribution is 2.14. The van der Waals surface area contributed by atoms with Crippen molar-refractivity contribution in [2.24, 2.45) is 11.7 Å². The Hall–Kier alpha value is -1.10. The lowest BCUT2D eigenvalue weighted by molar-refractivity contribution is 0.590. The summed E-state index contributed by atoms with van der Waals surface area (Å²) in [7, 11) is 0. The molecule has 0 aliphatic carbocycles. The van der Waals surface area contributed by atoms with Gasteiger partial charge in [-0.05, 0) is 12.8 Å². The molecule has 17 heavy (non-hydrogen) atoms. The average Bonchev–Trinajstić information content (AvgIpc) is 2.71. The number of rotatable bonds is 7. The van der Waals surface area contributed by atoms with Crippen molar-refractivity contribution < 1.29 is 0 Å². The maximum atomic E-state index is 5.57. The van der Waals surface area contributed by atoms with E-state index in [-0.39, 0.29) is 0 Å². The summed E-state index contributed by atoms with van der Waals surface area (Å²) >= 11 is 4.94. The molecule has 0 radical (unpaired) electrons. The second-order valence-corrected chi connectivity index (χ2v) is 5.09. The van der Waals surface area contributed by atoms with Crippen molar-refractivity contribution in [3.8, 4) is 0 Å². The number of thiocarbonyl (C=S) groups is 1. The Labute approximate surface area is 109 Å². The first kappa shape index (κ1) is 14.0. The Kier molecular flexibility index (Phi) is 5.41. The number of anilines is 1. The summed E-state index contributed by atoms with van der Waals surface area (Å²) in [5, 5.41) is 0. The smallest absolute Gasteiger partial charge is 0.205 e. The summed E-state index contributed by atoms with van der Waals surface area (Å²) in [5.41, 5.74) is 5.57. The van der Waals surface area contributed by atoms with Crippen molar-refractivity contribution in [1.82, 2.24) is 9.55 Å². The van der Waals surface area contributed by atoms with Crippen LogP contribution < -0.4 is 10.6 Å². The number of nitrogens with two attached hydrogens (primary N) is 1. The van der Waals surface area contributed by atoms with Gasteiger partial charge in [0.15, 0.2) is 0 Å². The van der Waals surface area contributed by atoms with E-state index >= 15 is 0 Å². The Morgan fingerprint density at radius 3 is 2.82 bits per heavy atom. The number of nitrogens with zero attached hydrogens (tertiary/aromatic N) is 3. The van der Waals surface area contributed by atoms with Crippen LogP contribution in [0.15, 0.2) is 12.4 Å². The van der Waals surface area contributed by atoms with E-state index in [1.807, 2.05) is 12.4 Å². The molecule has 0 atom stereocenters. The zero-order valence-electron chi connectivity index (χ0n) is 10.9. The van der Waals surface area contributed by atoms with E-state index in [1.54, 1.807) is 0 Å². The second kappa shape index (κ2) is 6.59. The summed E-state index contributed by atoms with van der Waals surface area (Å²) in [4.78, 5) is 7.24. The predicted molar refractivity (Wildman–Crippen MR) is 76.4 cm³/mol. The fourth-order valence-corrected chi connectivity index (χ4v) is 1.88. The third-order valence-electron chi connectivity index (χ3n) is 2.53. The molecule has 0 aromatic carbocycles. The van der Waals surface area contributed by atoms with Gasteiger partial charge in [0.25, 0.3) is 0 Å². The van der Waals surface area contributed by atoms with Crippen molar-refractivity contribution in [3.05, 3.63) is 12.4 Å². The highest BCUT2D eigenvalue weighted by molar-refractivity contribution is 7.80. The minimum Gasteiger partial charge on any atom is -0.393 e. The average molecular weight is 254 g/mol. The minimum atomic E-state index is 0.563. The van der Waals surface area contributed by atoms with E-state index in [0.29, 0.717) is 10.9 Å². The van der Waals surface area contributed by atoms with Crippen LogP contribution in [0.4, 0.5) is 5.95 Å². The van der Waals surface area contributed by atoms with Crippen LogP contribution in [-0.2, 0) is 6.54 Å². The molecule has 1 rings (SSSR count). The summed E-state index contributed by atoms with van der Waals surface area (Å²) < 4.78 is 2.14. The first-order valence-electron chi connectivity index (χ1n) is 6.09. The second-order valence-electron chi connectivity index (χ2n) is 4.57. The monoisotopic (exact) mass is 254 g/mol. The first-order valence-corrected chi connectivity index (χ1v) is 6.49. The van der Waals surface area contributed by atoms with Crippen LogP contribution in [0, 0.1) is 5.92 Å². The molecule has 1 heterocycles. The van der Waals surface area contributed by atoms with E-state index in [0.717, 1.165) is 32.0 Å². The fourth-order valence-electron chi connectivity index (χ4n) is 1.79. The van der Waals surface area contributed by atoms with Gasteiger partial charge in [-0.15, -0.1) is 0 Å². The van der Waals surface area contributed by atoms with Gasteiger partial charge in [-0.25, -0.2) is 4.98 Å². The largest absolute Gasteiger partial charge is 0.393 e. The van der Waals surface area contributed by atoms with Crippen LogP contribution in [-0.4, -0.2) is 27.6 Å². The standard InChI is InChI=1S/C12H22N4S/c1-4-15-8-6-14-12(15)16(9-10(2)3)7-5-11(13)17/h6,8,10H,4-5,7,9H2,1-3H3,(H2,13,17). The summed E-state index contributed by atoms with van der Waals surface area (Å²) in [6.07, 6.45) is 4.58. The Bertz CT molecular complexity index is 359. The Balaban J connectivity index is 2.77.